The number of ether oxygens (including phenoxy) is 1. The van der Waals surface area contributed by atoms with Gasteiger partial charge in [0.15, 0.2) is 5.69 Å². The van der Waals surface area contributed by atoms with Gasteiger partial charge in [-0.05, 0) is 24.3 Å². The molecule has 0 unspecified atom stereocenters. The predicted octanol–water partition coefficient (Wildman–Crippen LogP) is 2.91. The lowest BCUT2D eigenvalue weighted by molar-refractivity contribution is -0.138. The van der Waals surface area contributed by atoms with Crippen LogP contribution in [-0.4, -0.2) is 36.4 Å². The van der Waals surface area contributed by atoms with Crippen LogP contribution in [0.4, 0.5) is 29.3 Å². The Morgan fingerprint density at radius 1 is 1.39 bits per heavy atom. The Morgan fingerprint density at radius 2 is 2.11 bits per heavy atom. The zero-order valence-corrected chi connectivity index (χ0v) is 14.6. The van der Waals surface area contributed by atoms with Gasteiger partial charge >= 0.3 is 12.3 Å². The highest BCUT2D eigenvalue weighted by Crippen LogP contribution is 2.39. The molecule has 1 amide bonds. The van der Waals surface area contributed by atoms with Crippen LogP contribution in [0.5, 0.6) is 5.75 Å². The summed E-state index contributed by atoms with van der Waals surface area (Å²) >= 11 is 0. The van der Waals surface area contributed by atoms with Gasteiger partial charge < -0.3 is 26.2 Å². The number of benzene rings is 1. The Labute approximate surface area is 157 Å². The van der Waals surface area contributed by atoms with Crippen molar-refractivity contribution in [2.24, 2.45) is 0 Å². The van der Waals surface area contributed by atoms with Crippen LogP contribution in [0.15, 0.2) is 24.3 Å². The van der Waals surface area contributed by atoms with Gasteiger partial charge in [0.25, 0.3) is 0 Å². The second-order valence-corrected chi connectivity index (χ2v) is 5.47. The number of carbonyl (C=O) groups is 1. The van der Waals surface area contributed by atoms with E-state index in [9.17, 15) is 18.0 Å². The number of nitrogens with zero attached hydrogens (tertiary/aromatic N) is 2. The zero-order valence-electron chi connectivity index (χ0n) is 14.6. The third-order valence-corrected chi connectivity index (χ3v) is 3.65. The molecule has 1 aromatic heterocycles. The first kappa shape index (κ1) is 20.6. The molecule has 0 fully saturated rings. The Kier molecular flexibility index (Phi) is 6.15. The number of anilines is 2. The van der Waals surface area contributed by atoms with Crippen LogP contribution in [-0.2, 0) is 6.18 Å². The second-order valence-electron chi connectivity index (χ2n) is 5.47. The molecule has 0 radical (unpaired) electrons. The fourth-order valence-corrected chi connectivity index (χ4v) is 2.35. The molecule has 0 bridgehead atoms. The number of carboxylic acid groups (broad SMARTS) is 1. The van der Waals surface area contributed by atoms with E-state index >= 15 is 0 Å². The van der Waals surface area contributed by atoms with Crippen molar-refractivity contribution in [1.82, 2.24) is 10.3 Å². The summed E-state index contributed by atoms with van der Waals surface area (Å²) in [6.45, 7) is -0.456. The van der Waals surface area contributed by atoms with Crippen molar-refractivity contribution >= 4 is 17.5 Å². The number of nitrogen functional groups attached to an aromatic ring is 1. The molecule has 2 aromatic rings. The number of hydrogen-bond donors (Lipinski definition) is 4. The van der Waals surface area contributed by atoms with E-state index in [4.69, 9.17) is 20.8 Å². The maximum Gasteiger partial charge on any atom is 0.419 e. The molecule has 1 heterocycles. The Balaban J connectivity index is 2.43. The molecular formula is C17H16F3N5O3. The average molecular weight is 395 g/mol. The molecule has 148 valence electrons. The van der Waals surface area contributed by atoms with Gasteiger partial charge in [-0.1, -0.05) is 0 Å². The largest absolute Gasteiger partial charge is 0.491 e. The average Bonchev–Trinajstić information content (AvgIpc) is 2.64. The van der Waals surface area contributed by atoms with Crippen LogP contribution in [0.2, 0.25) is 0 Å². The number of nitrogens with two attached hydrogens (primary N) is 1. The number of nitriles is 1. The lowest BCUT2D eigenvalue weighted by Crippen LogP contribution is -2.26. The molecule has 1 aromatic carbocycles. The third-order valence-electron chi connectivity index (χ3n) is 3.65. The van der Waals surface area contributed by atoms with Crippen molar-refractivity contribution in [3.8, 4) is 23.1 Å². The van der Waals surface area contributed by atoms with Gasteiger partial charge in [0.05, 0.1) is 29.2 Å². The van der Waals surface area contributed by atoms with Crippen molar-refractivity contribution in [2.75, 3.05) is 31.2 Å². The topological polar surface area (TPSA) is 133 Å². The fraction of sp³-hybridized carbons (Fsp3) is 0.235. The number of aromatic nitrogens is 1. The molecule has 11 heteroatoms. The first-order chi connectivity index (χ1) is 13.2. The lowest BCUT2D eigenvalue weighted by Gasteiger charge is -2.16. The third kappa shape index (κ3) is 4.73. The lowest BCUT2D eigenvalue weighted by atomic mass is 10.0. The molecule has 5 N–H and O–H groups in total. The minimum atomic E-state index is -4.72. The van der Waals surface area contributed by atoms with Crippen molar-refractivity contribution < 1.29 is 27.8 Å². The molecule has 0 aliphatic heterocycles. The van der Waals surface area contributed by atoms with Crippen molar-refractivity contribution in [1.29, 1.82) is 5.26 Å². The molecule has 0 spiro atoms. The molecule has 2 rings (SSSR count). The number of nitrogens with one attached hydrogen (secondary N) is 2. The maximum atomic E-state index is 13.4. The molecule has 0 saturated heterocycles. The highest BCUT2D eigenvalue weighted by molar-refractivity contribution is 5.77. The van der Waals surface area contributed by atoms with Crippen LogP contribution in [0.25, 0.3) is 11.3 Å². The summed E-state index contributed by atoms with van der Waals surface area (Å²) in [6.07, 6.45) is -6.03. The molecular weight excluding hydrogens is 379 g/mol. The summed E-state index contributed by atoms with van der Waals surface area (Å²) in [5, 5.41) is 22.4. The van der Waals surface area contributed by atoms with E-state index < -0.39 is 23.6 Å². The van der Waals surface area contributed by atoms with Crippen molar-refractivity contribution in [3.05, 3.63) is 35.5 Å². The van der Waals surface area contributed by atoms with E-state index in [1.165, 1.54) is 12.1 Å². The van der Waals surface area contributed by atoms with E-state index in [0.29, 0.717) is 5.69 Å². The number of alkyl halides is 3. The standard InChI is InChI=1S/C17H16F3N5O3/c1-23-12-7-11(25-13(8-21)15(12)22)9-2-3-14(10(6-9)17(18,19)20)28-5-4-24-16(26)27/h2-3,6-7,24H,4-5,22H2,1H3,(H,23,25)(H,26,27). The number of halogens is 3. The molecule has 0 aliphatic carbocycles. The first-order valence-electron chi connectivity index (χ1n) is 7.87. The fourth-order valence-electron chi connectivity index (χ4n) is 2.35. The first-order valence-corrected chi connectivity index (χ1v) is 7.87. The summed E-state index contributed by atoms with van der Waals surface area (Å²) in [6, 6.07) is 6.55. The van der Waals surface area contributed by atoms with Gasteiger partial charge in [-0.3, -0.25) is 0 Å². The molecule has 0 atom stereocenters. The summed E-state index contributed by atoms with van der Waals surface area (Å²) < 4.78 is 45.4. The monoisotopic (exact) mass is 395 g/mol. The Hall–Kier alpha value is -3.68. The highest BCUT2D eigenvalue weighted by Gasteiger charge is 2.35. The molecule has 8 nitrogen and oxygen atoms in total. The maximum absolute atomic E-state index is 13.4. The number of rotatable bonds is 6. The second kappa shape index (κ2) is 8.34. The predicted molar refractivity (Wildman–Crippen MR) is 94.9 cm³/mol. The van der Waals surface area contributed by atoms with Gasteiger partial charge in [0, 0.05) is 12.6 Å². The molecule has 0 aliphatic rings. The zero-order chi connectivity index (χ0) is 20.9. The van der Waals surface area contributed by atoms with Crippen LogP contribution in [0.1, 0.15) is 11.3 Å². The molecule has 28 heavy (non-hydrogen) atoms. The number of amides is 1. The van der Waals surface area contributed by atoms with Gasteiger partial charge in [-0.15, -0.1) is 0 Å². The highest BCUT2D eigenvalue weighted by atomic mass is 19.4. The van der Waals surface area contributed by atoms with Gasteiger partial charge in [0.2, 0.25) is 0 Å². The van der Waals surface area contributed by atoms with E-state index in [-0.39, 0.29) is 35.8 Å². The Morgan fingerprint density at radius 3 is 2.68 bits per heavy atom. The van der Waals surface area contributed by atoms with E-state index in [2.05, 4.69) is 10.3 Å². The summed E-state index contributed by atoms with van der Waals surface area (Å²) in [4.78, 5) is 14.4. The number of pyridine rings is 1. The van der Waals surface area contributed by atoms with E-state index in [0.717, 1.165) is 12.1 Å². The van der Waals surface area contributed by atoms with E-state index in [1.54, 1.807) is 13.1 Å². The number of hydrogen-bond acceptors (Lipinski definition) is 6. The quantitative estimate of drug-likeness (QED) is 0.553. The summed E-state index contributed by atoms with van der Waals surface area (Å²) in [5.41, 5.74) is 5.28. The van der Waals surface area contributed by atoms with Gasteiger partial charge in [-0.2, -0.15) is 18.4 Å². The van der Waals surface area contributed by atoms with Crippen molar-refractivity contribution in [2.45, 2.75) is 6.18 Å². The Bertz CT molecular complexity index is 925. The van der Waals surface area contributed by atoms with Crippen LogP contribution in [0, 0.1) is 11.3 Å². The van der Waals surface area contributed by atoms with E-state index in [1.807, 2.05) is 5.32 Å². The van der Waals surface area contributed by atoms with Crippen molar-refractivity contribution in [3.63, 3.8) is 0 Å². The minimum absolute atomic E-state index is 0.0932. The van der Waals surface area contributed by atoms with Crippen LogP contribution in [0.3, 0.4) is 0 Å². The smallest absolute Gasteiger partial charge is 0.419 e. The molecule has 0 saturated carbocycles. The van der Waals surface area contributed by atoms with Gasteiger partial charge in [0.1, 0.15) is 18.4 Å². The summed E-state index contributed by atoms with van der Waals surface area (Å²) in [7, 11) is 1.56. The van der Waals surface area contributed by atoms with Crippen LogP contribution < -0.4 is 21.1 Å². The minimum Gasteiger partial charge on any atom is -0.491 e. The SMILES string of the molecule is CNc1cc(-c2ccc(OCCNC(=O)O)c(C(F)(F)F)c2)nc(C#N)c1N. The van der Waals surface area contributed by atoms with Gasteiger partial charge in [-0.25, -0.2) is 9.78 Å². The normalized spacial score (nSPS) is 10.8. The summed E-state index contributed by atoms with van der Waals surface area (Å²) in [5.74, 6) is -0.451. The van der Waals surface area contributed by atoms with Crippen LogP contribution >= 0.6 is 0 Å².